The maximum Gasteiger partial charge on any atom is 0.410 e. The highest BCUT2D eigenvalue weighted by atomic mass is 32.2. The molecule has 1 saturated heterocycles. The lowest BCUT2D eigenvalue weighted by Crippen LogP contribution is -2.56. The fourth-order valence-electron chi connectivity index (χ4n) is 6.40. The van der Waals surface area contributed by atoms with E-state index in [1.807, 2.05) is 12.2 Å². The monoisotopic (exact) mass is 616 g/mol. The number of carbonyl (C=O) groups is 4. The highest BCUT2D eigenvalue weighted by Gasteiger charge is 2.62. The van der Waals surface area contributed by atoms with Crippen molar-refractivity contribution in [2.75, 3.05) is 6.54 Å². The zero-order valence-electron chi connectivity index (χ0n) is 23.9. The Balaban J connectivity index is 1.18. The average Bonchev–Trinajstić information content (AvgIpc) is 3.84. The lowest BCUT2D eigenvalue weighted by molar-refractivity contribution is -0.139. The minimum atomic E-state index is -3.83. The molecule has 4 atom stereocenters. The smallest absolute Gasteiger partial charge is 0.410 e. The lowest BCUT2D eigenvalue weighted by atomic mass is 10.1. The van der Waals surface area contributed by atoms with Crippen molar-refractivity contribution < 1.29 is 36.7 Å². The molecule has 6 rings (SSSR count). The number of nitrogens with zero attached hydrogens (tertiary/aromatic N) is 2. The average molecular weight is 617 g/mol. The minimum Gasteiger partial charge on any atom is -0.444 e. The van der Waals surface area contributed by atoms with Crippen LogP contribution in [-0.2, 0) is 42.2 Å². The number of carbonyl (C=O) groups excluding carboxylic acids is 4. The molecule has 11 nitrogen and oxygen atoms in total. The summed E-state index contributed by atoms with van der Waals surface area (Å²) < 4.78 is 47.3. The molecule has 3 fully saturated rings. The van der Waals surface area contributed by atoms with E-state index in [1.54, 1.807) is 12.1 Å². The Bertz CT molecular complexity index is 1460. The Morgan fingerprint density at radius 3 is 2.65 bits per heavy atom. The highest BCUT2D eigenvalue weighted by Crippen LogP contribution is 2.46. The largest absolute Gasteiger partial charge is 0.444 e. The van der Waals surface area contributed by atoms with E-state index in [0.717, 1.165) is 25.7 Å². The van der Waals surface area contributed by atoms with E-state index in [0.29, 0.717) is 30.4 Å². The SMILES string of the molecule is O=C1N[C@]2(C(=O)NS(=O)(=O)C3CC3)C[C@H]2/C=C\CCCCCCC(=O)N2C[C@H](OC(=O)N3Cc4cccc(F)c4C3)C[C@@H]12. The van der Waals surface area contributed by atoms with Crippen molar-refractivity contribution in [1.29, 1.82) is 0 Å². The van der Waals surface area contributed by atoms with Crippen LogP contribution in [0.1, 0.15) is 75.3 Å². The summed E-state index contributed by atoms with van der Waals surface area (Å²) in [6, 6.07) is 3.68. The van der Waals surface area contributed by atoms with E-state index < -0.39 is 56.7 Å². The standard InChI is InChI=1S/C30H37FN4O7S/c31-24-10-7-8-19-16-34(18-23(19)24)29(39)42-21-14-25-27(37)32-30(28(38)33-43(40,41)22-12-13-22)15-20(30)9-5-3-1-2-4-6-11-26(36)35(25)17-21/h5,7-10,20-22,25H,1-4,6,11-18H2,(H,32,37)(H,33,38)/b9-5-/t20-,21-,25+,30-/m1/s1. The Morgan fingerprint density at radius 2 is 1.88 bits per heavy atom. The number of amides is 4. The number of halogens is 1. The van der Waals surface area contributed by atoms with Gasteiger partial charge in [0, 0.05) is 30.9 Å². The van der Waals surface area contributed by atoms with Crippen molar-refractivity contribution in [3.8, 4) is 0 Å². The van der Waals surface area contributed by atoms with Gasteiger partial charge in [0.25, 0.3) is 5.91 Å². The van der Waals surface area contributed by atoms with Crippen molar-refractivity contribution in [3.63, 3.8) is 0 Å². The quantitative estimate of drug-likeness (QED) is 0.496. The topological polar surface area (TPSA) is 142 Å². The first-order valence-electron chi connectivity index (χ1n) is 15.1. The number of nitrogens with one attached hydrogen (secondary N) is 2. The number of ether oxygens (including phenoxy) is 1. The van der Waals surface area contributed by atoms with Crippen LogP contribution in [0, 0.1) is 11.7 Å². The van der Waals surface area contributed by atoms with Crippen molar-refractivity contribution >= 4 is 33.8 Å². The number of allylic oxidation sites excluding steroid dienone is 1. The molecule has 3 heterocycles. The fraction of sp³-hybridized carbons (Fsp3) is 0.600. The predicted molar refractivity (Wildman–Crippen MR) is 152 cm³/mol. The van der Waals surface area contributed by atoms with Gasteiger partial charge in [0.2, 0.25) is 21.8 Å². The molecular formula is C30H37FN4O7S. The molecule has 13 heteroatoms. The summed E-state index contributed by atoms with van der Waals surface area (Å²) in [4.78, 5) is 56.3. The first-order valence-corrected chi connectivity index (χ1v) is 16.7. The third-order valence-corrected chi connectivity index (χ3v) is 11.0. The Labute approximate surface area is 250 Å². The zero-order valence-corrected chi connectivity index (χ0v) is 24.7. The van der Waals surface area contributed by atoms with Crippen LogP contribution in [0.3, 0.4) is 0 Å². The molecular weight excluding hydrogens is 579 g/mol. The van der Waals surface area contributed by atoms with Crippen LogP contribution >= 0.6 is 0 Å². The van der Waals surface area contributed by atoms with Gasteiger partial charge in [0.1, 0.15) is 23.5 Å². The molecule has 1 aromatic carbocycles. The molecule has 2 saturated carbocycles. The molecule has 0 aromatic heterocycles. The summed E-state index contributed by atoms with van der Waals surface area (Å²) in [6.07, 6.45) is 7.98. The number of sulfonamides is 1. The van der Waals surface area contributed by atoms with Crippen molar-refractivity contribution in [3.05, 3.63) is 47.3 Å². The predicted octanol–water partition coefficient (Wildman–Crippen LogP) is 2.64. The molecule has 0 radical (unpaired) electrons. The van der Waals surface area contributed by atoms with E-state index in [-0.39, 0.29) is 50.7 Å². The van der Waals surface area contributed by atoms with E-state index in [1.165, 1.54) is 15.9 Å². The maximum atomic E-state index is 14.2. The van der Waals surface area contributed by atoms with Crippen molar-refractivity contribution in [1.82, 2.24) is 19.8 Å². The summed E-state index contributed by atoms with van der Waals surface area (Å²) in [5.41, 5.74) is -0.302. The second kappa shape index (κ2) is 11.5. The van der Waals surface area contributed by atoms with Crippen LogP contribution in [0.5, 0.6) is 0 Å². The minimum absolute atomic E-state index is 0.0103. The van der Waals surface area contributed by atoms with E-state index in [4.69, 9.17) is 4.74 Å². The third kappa shape index (κ3) is 6.13. The van der Waals surface area contributed by atoms with Gasteiger partial charge in [-0.2, -0.15) is 0 Å². The Morgan fingerprint density at radius 1 is 1.09 bits per heavy atom. The lowest BCUT2D eigenvalue weighted by Gasteiger charge is -2.26. The second-order valence-electron chi connectivity index (χ2n) is 12.4. The van der Waals surface area contributed by atoms with Crippen molar-refractivity contribution in [2.45, 2.75) is 100 Å². The van der Waals surface area contributed by atoms with E-state index in [2.05, 4.69) is 10.0 Å². The van der Waals surface area contributed by atoms with Crippen molar-refractivity contribution in [2.24, 2.45) is 5.92 Å². The molecule has 0 unspecified atom stereocenters. The number of rotatable bonds is 4. The van der Waals surface area contributed by atoms with E-state index in [9.17, 15) is 32.0 Å². The maximum absolute atomic E-state index is 14.2. The van der Waals surface area contributed by atoms with Gasteiger partial charge in [-0.3, -0.25) is 24.0 Å². The van der Waals surface area contributed by atoms with Gasteiger partial charge in [-0.15, -0.1) is 0 Å². The van der Waals surface area contributed by atoms with Crippen LogP contribution in [0.2, 0.25) is 0 Å². The molecule has 2 N–H and O–H groups in total. The summed E-state index contributed by atoms with van der Waals surface area (Å²) in [7, 11) is -3.83. The molecule has 2 aliphatic carbocycles. The van der Waals surface area contributed by atoms with Crippen LogP contribution in [0.15, 0.2) is 30.4 Å². The van der Waals surface area contributed by atoms with Gasteiger partial charge < -0.3 is 15.0 Å². The van der Waals surface area contributed by atoms with Gasteiger partial charge in [-0.05, 0) is 50.2 Å². The first-order chi connectivity index (χ1) is 20.6. The van der Waals surface area contributed by atoms with Gasteiger partial charge in [0.15, 0.2) is 0 Å². The van der Waals surface area contributed by atoms with Crippen LogP contribution in [0.25, 0.3) is 0 Å². The van der Waals surface area contributed by atoms with Gasteiger partial charge in [-0.25, -0.2) is 17.6 Å². The first kappa shape index (κ1) is 29.6. The third-order valence-electron chi connectivity index (χ3n) is 9.18. The Kier molecular flexibility index (Phi) is 7.95. The fourth-order valence-corrected chi connectivity index (χ4v) is 7.76. The van der Waals surface area contributed by atoms with Crippen LogP contribution in [0.4, 0.5) is 9.18 Å². The molecule has 1 aromatic rings. The molecule has 0 bridgehead atoms. The molecule has 43 heavy (non-hydrogen) atoms. The molecule has 0 spiro atoms. The zero-order chi connectivity index (χ0) is 30.4. The van der Waals surface area contributed by atoms with Gasteiger partial charge in [0.05, 0.1) is 18.3 Å². The number of fused-ring (bicyclic) bond motifs is 3. The molecule has 4 amide bonds. The van der Waals surface area contributed by atoms with E-state index >= 15 is 0 Å². The summed E-state index contributed by atoms with van der Waals surface area (Å²) in [5, 5.41) is 2.20. The van der Waals surface area contributed by atoms with Crippen LogP contribution in [-0.4, -0.2) is 71.5 Å². The molecule has 5 aliphatic rings. The second-order valence-corrected chi connectivity index (χ2v) is 14.3. The summed E-state index contributed by atoms with van der Waals surface area (Å²) >= 11 is 0. The number of hydrogen-bond acceptors (Lipinski definition) is 7. The number of hydrogen-bond donors (Lipinski definition) is 2. The summed E-state index contributed by atoms with van der Waals surface area (Å²) in [5.74, 6) is -2.38. The van der Waals surface area contributed by atoms with Gasteiger partial charge in [-0.1, -0.05) is 37.1 Å². The summed E-state index contributed by atoms with van der Waals surface area (Å²) in [6.45, 7) is 0.272. The highest BCUT2D eigenvalue weighted by molar-refractivity contribution is 7.91. The normalized spacial score (nSPS) is 30.2. The van der Waals surface area contributed by atoms with Gasteiger partial charge >= 0.3 is 6.09 Å². The number of benzene rings is 1. The Hall–Kier alpha value is -3.48. The van der Waals surface area contributed by atoms with Crippen LogP contribution < -0.4 is 10.0 Å². The molecule has 232 valence electrons. The molecule has 3 aliphatic heterocycles.